The highest BCUT2D eigenvalue weighted by molar-refractivity contribution is 5.49. The minimum Gasteiger partial charge on any atom is -0.376 e. The zero-order valence-corrected chi connectivity index (χ0v) is 10.6. The Hall–Kier alpha value is -1.13. The Kier molecular flexibility index (Phi) is 3.97. The van der Waals surface area contributed by atoms with Crippen LogP contribution in [0.1, 0.15) is 29.7 Å². The van der Waals surface area contributed by atoms with E-state index < -0.39 is 0 Å². The van der Waals surface area contributed by atoms with E-state index in [4.69, 9.17) is 10.5 Å². The van der Waals surface area contributed by atoms with Crippen molar-refractivity contribution < 1.29 is 4.74 Å². The molecule has 4 nitrogen and oxygen atoms in total. The van der Waals surface area contributed by atoms with Gasteiger partial charge < -0.3 is 15.8 Å². The lowest BCUT2D eigenvalue weighted by atomic mass is 10.1. The zero-order valence-electron chi connectivity index (χ0n) is 10.6. The van der Waals surface area contributed by atoms with E-state index in [2.05, 4.69) is 23.3 Å². The Morgan fingerprint density at radius 1 is 1.53 bits per heavy atom. The van der Waals surface area contributed by atoms with E-state index in [9.17, 15) is 0 Å². The molecular weight excluding hydrogens is 214 g/mol. The highest BCUT2D eigenvalue weighted by Gasteiger charge is 2.16. The van der Waals surface area contributed by atoms with Gasteiger partial charge in [0, 0.05) is 31.0 Å². The Morgan fingerprint density at radius 2 is 2.35 bits per heavy atom. The lowest BCUT2D eigenvalue weighted by Gasteiger charge is -2.16. The number of nitrogens with two attached hydrogens (primary N) is 1. The van der Waals surface area contributed by atoms with E-state index in [0.717, 1.165) is 43.1 Å². The van der Waals surface area contributed by atoms with Crippen molar-refractivity contribution in [2.75, 3.05) is 18.5 Å². The maximum Gasteiger partial charge on any atom is 0.131 e. The van der Waals surface area contributed by atoms with E-state index in [1.54, 1.807) is 0 Å². The predicted octanol–water partition coefficient (Wildman–Crippen LogP) is 1.75. The molecule has 2 rings (SSSR count). The van der Waals surface area contributed by atoms with Gasteiger partial charge in [0.1, 0.15) is 5.82 Å². The van der Waals surface area contributed by atoms with Gasteiger partial charge in [0.15, 0.2) is 0 Å². The van der Waals surface area contributed by atoms with Gasteiger partial charge >= 0.3 is 0 Å². The molecule has 1 atom stereocenters. The van der Waals surface area contributed by atoms with Gasteiger partial charge in [-0.05, 0) is 38.3 Å². The molecule has 0 amide bonds. The van der Waals surface area contributed by atoms with E-state index in [1.807, 2.05) is 6.92 Å². The minimum atomic E-state index is 0.322. The number of ether oxygens (including phenoxy) is 1. The molecule has 1 aromatic heterocycles. The van der Waals surface area contributed by atoms with Crippen molar-refractivity contribution in [2.24, 2.45) is 5.73 Å². The SMILES string of the molecule is Cc1cc(C)c(CN)c(NCC2CCCO2)n1. The normalized spacial score (nSPS) is 19.6. The first-order chi connectivity index (χ1) is 8.20. The molecule has 1 aliphatic heterocycles. The standard InChI is InChI=1S/C13H21N3O/c1-9-6-10(2)16-13(12(9)7-14)15-8-11-4-3-5-17-11/h6,11H,3-5,7-8,14H2,1-2H3,(H,15,16). The molecule has 1 fully saturated rings. The van der Waals surface area contributed by atoms with Crippen molar-refractivity contribution in [3.8, 4) is 0 Å². The molecule has 1 aliphatic rings. The van der Waals surface area contributed by atoms with Crippen LogP contribution < -0.4 is 11.1 Å². The van der Waals surface area contributed by atoms with Crippen LogP contribution >= 0.6 is 0 Å². The number of rotatable bonds is 4. The van der Waals surface area contributed by atoms with Crippen molar-refractivity contribution in [2.45, 2.75) is 39.3 Å². The third-order valence-electron chi connectivity index (χ3n) is 3.20. The lowest BCUT2D eigenvalue weighted by molar-refractivity contribution is 0.120. The molecule has 1 saturated heterocycles. The summed E-state index contributed by atoms with van der Waals surface area (Å²) >= 11 is 0. The van der Waals surface area contributed by atoms with Crippen molar-refractivity contribution in [3.63, 3.8) is 0 Å². The van der Waals surface area contributed by atoms with Crippen LogP contribution in [0.5, 0.6) is 0 Å². The maximum atomic E-state index is 5.77. The Bertz CT molecular complexity index is 386. The first-order valence-electron chi connectivity index (χ1n) is 6.23. The third-order valence-corrected chi connectivity index (χ3v) is 3.20. The summed E-state index contributed by atoms with van der Waals surface area (Å²) in [6.07, 6.45) is 2.62. The van der Waals surface area contributed by atoms with E-state index in [0.29, 0.717) is 12.6 Å². The van der Waals surface area contributed by atoms with Crippen LogP contribution in [0.2, 0.25) is 0 Å². The number of anilines is 1. The summed E-state index contributed by atoms with van der Waals surface area (Å²) in [4.78, 5) is 4.52. The van der Waals surface area contributed by atoms with E-state index in [1.165, 1.54) is 5.56 Å². The smallest absolute Gasteiger partial charge is 0.131 e. The van der Waals surface area contributed by atoms with Gasteiger partial charge in [0.05, 0.1) is 6.10 Å². The second kappa shape index (κ2) is 5.47. The summed E-state index contributed by atoms with van der Waals surface area (Å²) in [7, 11) is 0. The highest BCUT2D eigenvalue weighted by atomic mass is 16.5. The van der Waals surface area contributed by atoms with Crippen LogP contribution in [0.15, 0.2) is 6.07 Å². The van der Waals surface area contributed by atoms with E-state index in [-0.39, 0.29) is 0 Å². The topological polar surface area (TPSA) is 60.2 Å². The van der Waals surface area contributed by atoms with Gasteiger partial charge in [-0.1, -0.05) is 0 Å². The average molecular weight is 235 g/mol. The first kappa shape index (κ1) is 12.3. The third kappa shape index (κ3) is 2.96. The first-order valence-corrected chi connectivity index (χ1v) is 6.23. The van der Waals surface area contributed by atoms with Gasteiger partial charge in [-0.25, -0.2) is 4.98 Å². The second-order valence-corrected chi connectivity index (χ2v) is 4.63. The summed E-state index contributed by atoms with van der Waals surface area (Å²) in [6.45, 7) is 6.31. The lowest BCUT2D eigenvalue weighted by Crippen LogP contribution is -2.20. The summed E-state index contributed by atoms with van der Waals surface area (Å²) in [6, 6.07) is 2.07. The van der Waals surface area contributed by atoms with Gasteiger partial charge in [-0.3, -0.25) is 0 Å². The Morgan fingerprint density at radius 3 is 3.00 bits per heavy atom. The molecule has 1 unspecified atom stereocenters. The fourth-order valence-electron chi connectivity index (χ4n) is 2.28. The highest BCUT2D eigenvalue weighted by Crippen LogP contribution is 2.19. The molecule has 0 aromatic carbocycles. The quantitative estimate of drug-likeness (QED) is 0.834. The fraction of sp³-hybridized carbons (Fsp3) is 0.615. The molecule has 4 heteroatoms. The minimum absolute atomic E-state index is 0.322. The van der Waals surface area contributed by atoms with Gasteiger partial charge in [0.25, 0.3) is 0 Å². The molecule has 94 valence electrons. The van der Waals surface area contributed by atoms with Crippen LogP contribution in [0.25, 0.3) is 0 Å². The zero-order chi connectivity index (χ0) is 12.3. The Balaban J connectivity index is 2.07. The molecule has 17 heavy (non-hydrogen) atoms. The molecule has 0 spiro atoms. The monoisotopic (exact) mass is 235 g/mol. The van der Waals surface area contributed by atoms with Crippen molar-refractivity contribution in [3.05, 3.63) is 22.9 Å². The summed E-state index contributed by atoms with van der Waals surface area (Å²) in [5, 5.41) is 3.37. The van der Waals surface area contributed by atoms with Crippen molar-refractivity contribution in [1.82, 2.24) is 4.98 Å². The summed E-state index contributed by atoms with van der Waals surface area (Å²) in [5.74, 6) is 0.917. The fourth-order valence-corrected chi connectivity index (χ4v) is 2.28. The summed E-state index contributed by atoms with van der Waals surface area (Å²) < 4.78 is 5.59. The van der Waals surface area contributed by atoms with Crippen molar-refractivity contribution in [1.29, 1.82) is 0 Å². The van der Waals surface area contributed by atoms with Crippen LogP contribution in [-0.4, -0.2) is 24.2 Å². The summed E-state index contributed by atoms with van der Waals surface area (Å²) in [5.41, 5.74) is 9.11. The molecule has 0 aliphatic carbocycles. The number of pyridine rings is 1. The number of hydrogen-bond acceptors (Lipinski definition) is 4. The second-order valence-electron chi connectivity index (χ2n) is 4.63. The predicted molar refractivity (Wildman–Crippen MR) is 69.1 cm³/mol. The van der Waals surface area contributed by atoms with Crippen molar-refractivity contribution >= 4 is 5.82 Å². The van der Waals surface area contributed by atoms with E-state index >= 15 is 0 Å². The molecule has 3 N–H and O–H groups in total. The number of nitrogens with one attached hydrogen (secondary N) is 1. The largest absolute Gasteiger partial charge is 0.376 e. The number of nitrogens with zero attached hydrogens (tertiary/aromatic N) is 1. The molecular formula is C13H21N3O. The molecule has 1 aromatic rings. The van der Waals surface area contributed by atoms with Crippen LogP contribution in [-0.2, 0) is 11.3 Å². The molecule has 0 radical (unpaired) electrons. The van der Waals surface area contributed by atoms with Gasteiger partial charge in [-0.2, -0.15) is 0 Å². The van der Waals surface area contributed by atoms with Crippen LogP contribution in [0.4, 0.5) is 5.82 Å². The number of aromatic nitrogens is 1. The van der Waals surface area contributed by atoms with Crippen LogP contribution in [0, 0.1) is 13.8 Å². The molecule has 0 saturated carbocycles. The molecule has 0 bridgehead atoms. The van der Waals surface area contributed by atoms with Gasteiger partial charge in [-0.15, -0.1) is 0 Å². The number of aryl methyl sites for hydroxylation is 2. The average Bonchev–Trinajstić information content (AvgIpc) is 2.78. The molecule has 2 heterocycles. The maximum absolute atomic E-state index is 5.77. The number of hydrogen-bond donors (Lipinski definition) is 2. The van der Waals surface area contributed by atoms with Crippen LogP contribution in [0.3, 0.4) is 0 Å². The Labute approximate surface area is 103 Å². The van der Waals surface area contributed by atoms with Gasteiger partial charge in [0.2, 0.25) is 0 Å².